The van der Waals surface area contributed by atoms with Crippen LogP contribution in [0.15, 0.2) is 0 Å². The van der Waals surface area contributed by atoms with E-state index >= 15 is 0 Å². The van der Waals surface area contributed by atoms with Gasteiger partial charge >= 0.3 is 34.9 Å². The zero-order valence-electron chi connectivity index (χ0n) is 12.1. The number of rotatable bonds is 5. The van der Waals surface area contributed by atoms with E-state index < -0.39 is 52.2 Å². The van der Waals surface area contributed by atoms with Crippen molar-refractivity contribution in [1.29, 1.82) is 0 Å². The Hall–Kier alpha value is -0.560. The normalized spacial score (nSPS) is 15.9. The quantitative estimate of drug-likeness (QED) is 0.541. The summed E-state index contributed by atoms with van der Waals surface area (Å²) in [6, 6.07) is 0. The summed E-state index contributed by atoms with van der Waals surface area (Å²) in [5, 5.41) is 0. The standard InChI is InChI=1S/C9H16F6NO4S2/c1-5-6-7(16(2,3)4,21(17,18)8(10,11)12)22(19,20)9(13,14)15/h5-6H2,1-4H3/q+1. The Morgan fingerprint density at radius 3 is 1.18 bits per heavy atom. The third-order valence-corrected chi connectivity index (χ3v) is 8.76. The van der Waals surface area contributed by atoms with Gasteiger partial charge in [0.15, 0.2) is 0 Å². The minimum Gasteiger partial charge on any atom is -0.300 e. The van der Waals surface area contributed by atoms with Crippen LogP contribution in [0.2, 0.25) is 0 Å². The zero-order chi connectivity index (χ0) is 18.4. The molecule has 0 atom stereocenters. The van der Waals surface area contributed by atoms with E-state index in [0.29, 0.717) is 21.1 Å². The summed E-state index contributed by atoms with van der Waals surface area (Å²) >= 11 is 0. The Morgan fingerprint density at radius 2 is 1.05 bits per heavy atom. The van der Waals surface area contributed by atoms with Gasteiger partial charge in [-0.3, -0.25) is 4.48 Å². The van der Waals surface area contributed by atoms with Crippen molar-refractivity contribution in [2.75, 3.05) is 21.1 Å². The molecule has 0 amide bonds. The lowest BCUT2D eigenvalue weighted by molar-refractivity contribution is -0.893. The molecule has 134 valence electrons. The molecule has 0 spiro atoms. The van der Waals surface area contributed by atoms with Crippen LogP contribution < -0.4 is 0 Å². The van der Waals surface area contributed by atoms with Gasteiger partial charge in [0.05, 0.1) is 21.1 Å². The van der Waals surface area contributed by atoms with E-state index in [-0.39, 0.29) is 0 Å². The Morgan fingerprint density at radius 1 is 0.773 bits per heavy atom. The van der Waals surface area contributed by atoms with Gasteiger partial charge < -0.3 is 0 Å². The van der Waals surface area contributed by atoms with Gasteiger partial charge in [-0.1, -0.05) is 6.92 Å². The predicted octanol–water partition coefficient (Wildman–Crippen LogP) is 2.02. The largest absolute Gasteiger partial charge is 0.504 e. The lowest BCUT2D eigenvalue weighted by Gasteiger charge is -2.44. The van der Waals surface area contributed by atoms with Crippen LogP contribution in [0.3, 0.4) is 0 Å². The van der Waals surface area contributed by atoms with Crippen LogP contribution in [0.1, 0.15) is 19.8 Å². The van der Waals surface area contributed by atoms with Crippen LogP contribution in [-0.4, -0.2) is 57.7 Å². The van der Waals surface area contributed by atoms with Crippen molar-refractivity contribution >= 4 is 19.7 Å². The minimum atomic E-state index is -6.70. The summed E-state index contributed by atoms with van der Waals surface area (Å²) in [4.78, 5) is 0. The van der Waals surface area contributed by atoms with Gasteiger partial charge in [-0.25, -0.2) is 16.8 Å². The molecule has 5 nitrogen and oxygen atoms in total. The van der Waals surface area contributed by atoms with E-state index in [0.717, 1.165) is 6.92 Å². The van der Waals surface area contributed by atoms with Crippen LogP contribution in [0.5, 0.6) is 0 Å². The van der Waals surface area contributed by atoms with Crippen molar-refractivity contribution in [1.82, 2.24) is 0 Å². The highest BCUT2D eigenvalue weighted by Crippen LogP contribution is 2.49. The zero-order valence-corrected chi connectivity index (χ0v) is 13.7. The molecule has 0 aromatic rings. The molecular formula is C9H16F6NO4S2+. The molecule has 22 heavy (non-hydrogen) atoms. The predicted molar refractivity (Wildman–Crippen MR) is 65.6 cm³/mol. The Labute approximate surface area is 124 Å². The van der Waals surface area contributed by atoms with Crippen LogP contribution in [-0.2, 0) is 19.7 Å². The fourth-order valence-corrected chi connectivity index (χ4v) is 6.98. The van der Waals surface area contributed by atoms with Crippen LogP contribution >= 0.6 is 0 Å². The van der Waals surface area contributed by atoms with Crippen molar-refractivity contribution in [3.63, 3.8) is 0 Å². The second-order valence-electron chi connectivity index (χ2n) is 5.37. The molecule has 0 heterocycles. The van der Waals surface area contributed by atoms with Gasteiger partial charge in [-0.2, -0.15) is 26.3 Å². The molecule has 0 aliphatic heterocycles. The number of alkyl halides is 6. The maximum absolute atomic E-state index is 12.9. The lowest BCUT2D eigenvalue weighted by atomic mass is 10.3. The second kappa shape index (κ2) is 5.51. The Kier molecular flexibility index (Phi) is 5.37. The van der Waals surface area contributed by atoms with Crippen molar-refractivity contribution in [3.05, 3.63) is 0 Å². The van der Waals surface area contributed by atoms with Crippen LogP contribution in [0.4, 0.5) is 26.3 Å². The molecule has 0 aliphatic carbocycles. The van der Waals surface area contributed by atoms with Crippen molar-refractivity contribution in [3.8, 4) is 0 Å². The Balaban J connectivity index is 7.17. The first-order valence-electron chi connectivity index (χ1n) is 5.74. The number of hydrogen-bond donors (Lipinski definition) is 0. The van der Waals surface area contributed by atoms with Gasteiger partial charge in [0.25, 0.3) is 0 Å². The summed E-state index contributed by atoms with van der Waals surface area (Å²) < 4.78 is 119. The topological polar surface area (TPSA) is 68.3 Å². The molecule has 0 rings (SSSR count). The molecule has 0 unspecified atom stereocenters. The number of nitrogens with zero attached hydrogens (tertiary/aromatic N) is 1. The number of quaternary nitrogens is 1. The van der Waals surface area contributed by atoms with Gasteiger partial charge in [-0.15, -0.1) is 0 Å². The summed E-state index contributed by atoms with van der Waals surface area (Å²) in [5.41, 5.74) is -12.3. The van der Waals surface area contributed by atoms with E-state index in [2.05, 4.69) is 0 Å². The van der Waals surface area contributed by atoms with Crippen molar-refractivity contribution in [2.45, 2.75) is 35.0 Å². The van der Waals surface area contributed by atoms with Crippen molar-refractivity contribution < 1.29 is 47.7 Å². The summed E-state index contributed by atoms with van der Waals surface area (Å²) in [6.07, 6.45) is -1.89. The maximum Gasteiger partial charge on any atom is 0.504 e. The molecule has 0 bridgehead atoms. The fraction of sp³-hybridized carbons (Fsp3) is 1.00. The molecule has 0 saturated carbocycles. The third-order valence-electron chi connectivity index (χ3n) is 3.04. The van der Waals surface area contributed by atoms with Crippen LogP contribution in [0.25, 0.3) is 0 Å². The molecule has 0 fully saturated rings. The first-order valence-corrected chi connectivity index (χ1v) is 8.71. The molecule has 0 N–H and O–H groups in total. The van der Waals surface area contributed by atoms with E-state index in [1.54, 1.807) is 0 Å². The highest BCUT2D eigenvalue weighted by molar-refractivity contribution is 8.10. The average Bonchev–Trinajstić information content (AvgIpc) is 2.19. The number of halogens is 6. The smallest absolute Gasteiger partial charge is 0.300 e. The average molecular weight is 380 g/mol. The summed E-state index contributed by atoms with van der Waals surface area (Å²) in [5.74, 6) is 0. The highest BCUT2D eigenvalue weighted by atomic mass is 32.3. The molecule has 0 aliphatic rings. The first kappa shape index (κ1) is 21.4. The Bertz CT molecular complexity index is 568. The molecular weight excluding hydrogens is 364 g/mol. The first-order chi connectivity index (χ1) is 9.31. The summed E-state index contributed by atoms with van der Waals surface area (Å²) in [7, 11) is -11.4. The van der Waals surface area contributed by atoms with Crippen molar-refractivity contribution in [2.24, 2.45) is 0 Å². The van der Waals surface area contributed by atoms with E-state index in [1.807, 2.05) is 0 Å². The SMILES string of the molecule is CCCC([N+](C)(C)C)(S(=O)(=O)C(F)(F)F)S(=O)(=O)C(F)(F)F. The van der Waals surface area contributed by atoms with Crippen LogP contribution in [0, 0.1) is 0 Å². The van der Waals surface area contributed by atoms with Gasteiger partial charge in [0.2, 0.25) is 0 Å². The number of hydrogen-bond acceptors (Lipinski definition) is 4. The molecule has 0 aromatic heterocycles. The molecule has 13 heteroatoms. The van der Waals surface area contributed by atoms with Gasteiger partial charge in [0, 0.05) is 6.42 Å². The van der Waals surface area contributed by atoms with Gasteiger partial charge in [0.1, 0.15) is 0 Å². The van der Waals surface area contributed by atoms with Gasteiger partial charge in [-0.05, 0) is 6.42 Å². The second-order valence-corrected chi connectivity index (χ2v) is 9.92. The van der Waals surface area contributed by atoms with E-state index in [1.165, 1.54) is 0 Å². The summed E-state index contributed by atoms with van der Waals surface area (Å²) in [6.45, 7) is 1.09. The molecule has 0 saturated heterocycles. The lowest BCUT2D eigenvalue weighted by Crippen LogP contribution is -2.70. The molecule has 0 radical (unpaired) electrons. The number of sulfone groups is 2. The van der Waals surface area contributed by atoms with E-state index in [9.17, 15) is 43.2 Å². The minimum absolute atomic E-state index is 0.528. The maximum atomic E-state index is 12.9. The fourth-order valence-electron chi connectivity index (χ4n) is 2.15. The molecule has 0 aromatic carbocycles. The highest BCUT2D eigenvalue weighted by Gasteiger charge is 2.78. The van der Waals surface area contributed by atoms with E-state index in [4.69, 9.17) is 0 Å². The monoisotopic (exact) mass is 380 g/mol. The third kappa shape index (κ3) is 2.82.